The number of aromatic nitrogens is 3. The Labute approximate surface area is 153 Å². The summed E-state index contributed by atoms with van der Waals surface area (Å²) in [4.78, 5) is 29.9. The van der Waals surface area contributed by atoms with Crippen LogP contribution in [0.1, 0.15) is 47.0 Å². The molecule has 9 heteroatoms. The third-order valence-electron chi connectivity index (χ3n) is 3.89. The Morgan fingerprint density at radius 1 is 1.36 bits per heavy atom. The first-order valence-corrected chi connectivity index (χ1v) is 10.1. The summed E-state index contributed by atoms with van der Waals surface area (Å²) in [5.41, 5.74) is 1.60. The Morgan fingerprint density at radius 3 is 2.96 bits per heavy atom. The molecule has 0 saturated carbocycles. The highest BCUT2D eigenvalue weighted by molar-refractivity contribution is 7.99. The summed E-state index contributed by atoms with van der Waals surface area (Å²) in [5.74, 6) is -0.330. The highest BCUT2D eigenvalue weighted by Gasteiger charge is 2.26. The Bertz CT molecular complexity index is 743. The van der Waals surface area contributed by atoms with E-state index in [2.05, 4.69) is 20.5 Å². The van der Waals surface area contributed by atoms with Gasteiger partial charge in [0.2, 0.25) is 5.91 Å². The Kier molecular flexibility index (Phi) is 6.09. The number of carbonyl (C=O) groups excluding carboxylic acids is 2. The summed E-state index contributed by atoms with van der Waals surface area (Å²) in [7, 11) is 0. The number of nitrogens with one attached hydrogen (secondary N) is 2. The smallest absolute Gasteiger partial charge is 0.341 e. The third-order valence-corrected chi connectivity index (χ3v) is 5.97. The fourth-order valence-corrected chi connectivity index (χ4v) is 4.68. The van der Waals surface area contributed by atoms with Gasteiger partial charge in [-0.3, -0.25) is 9.89 Å². The lowest BCUT2D eigenvalue weighted by Crippen LogP contribution is -2.17. The van der Waals surface area contributed by atoms with Crippen LogP contribution >= 0.6 is 23.1 Å². The molecule has 1 aliphatic rings. The van der Waals surface area contributed by atoms with Crippen molar-refractivity contribution in [2.24, 2.45) is 0 Å². The maximum Gasteiger partial charge on any atom is 0.341 e. The van der Waals surface area contributed by atoms with Crippen LogP contribution in [-0.2, 0) is 22.4 Å². The number of fused-ring (bicyclic) bond motifs is 1. The predicted octanol–water partition coefficient (Wildman–Crippen LogP) is 3.04. The second-order valence-electron chi connectivity index (χ2n) is 5.62. The number of amides is 1. The number of aromatic amines is 1. The zero-order valence-electron chi connectivity index (χ0n) is 14.0. The normalized spacial score (nSPS) is 13.8. The molecule has 1 aliphatic carbocycles. The molecule has 0 atom stereocenters. The number of anilines is 1. The van der Waals surface area contributed by atoms with E-state index in [9.17, 15) is 9.59 Å². The van der Waals surface area contributed by atoms with Gasteiger partial charge in [-0.2, -0.15) is 5.10 Å². The molecule has 0 aliphatic heterocycles. The molecule has 2 aromatic rings. The highest BCUT2D eigenvalue weighted by Crippen LogP contribution is 2.38. The lowest BCUT2D eigenvalue weighted by atomic mass is 10.1. The topological polar surface area (TPSA) is 97.0 Å². The predicted molar refractivity (Wildman–Crippen MR) is 97.3 cm³/mol. The Morgan fingerprint density at radius 2 is 2.20 bits per heavy atom. The van der Waals surface area contributed by atoms with Crippen LogP contribution in [0.15, 0.2) is 11.5 Å². The van der Waals surface area contributed by atoms with Gasteiger partial charge in [-0.1, -0.05) is 18.2 Å². The molecule has 0 fully saturated rings. The molecule has 1 amide bonds. The van der Waals surface area contributed by atoms with Gasteiger partial charge in [-0.25, -0.2) is 9.78 Å². The van der Waals surface area contributed by atoms with Gasteiger partial charge in [0.05, 0.1) is 17.9 Å². The molecule has 2 aromatic heterocycles. The number of ether oxygens (including phenoxy) is 1. The molecule has 0 bridgehead atoms. The monoisotopic (exact) mass is 380 g/mol. The molecular weight excluding hydrogens is 360 g/mol. The van der Waals surface area contributed by atoms with E-state index in [1.807, 2.05) is 0 Å². The van der Waals surface area contributed by atoms with E-state index >= 15 is 0 Å². The molecule has 0 radical (unpaired) electrons. The van der Waals surface area contributed by atoms with Crippen molar-refractivity contribution < 1.29 is 14.3 Å². The van der Waals surface area contributed by atoms with Gasteiger partial charge in [0, 0.05) is 4.88 Å². The average Bonchev–Trinajstić information content (AvgIpc) is 3.16. The van der Waals surface area contributed by atoms with Gasteiger partial charge in [0.15, 0.2) is 5.16 Å². The maximum absolute atomic E-state index is 12.4. The minimum Gasteiger partial charge on any atom is -0.462 e. The number of nitrogens with zero attached hydrogens (tertiary/aromatic N) is 2. The number of hydrogen-bond donors (Lipinski definition) is 2. The molecule has 2 heterocycles. The number of esters is 1. The molecule has 2 N–H and O–H groups in total. The van der Waals surface area contributed by atoms with Crippen LogP contribution in [0.3, 0.4) is 0 Å². The van der Waals surface area contributed by atoms with Gasteiger partial charge in [0.1, 0.15) is 11.3 Å². The fraction of sp³-hybridized carbons (Fsp3) is 0.500. The number of H-pyrrole nitrogens is 1. The Balaban J connectivity index is 1.77. The van der Waals surface area contributed by atoms with Crippen LogP contribution in [0.4, 0.5) is 5.00 Å². The second kappa shape index (κ2) is 8.48. The first-order chi connectivity index (χ1) is 12.2. The summed E-state index contributed by atoms with van der Waals surface area (Å²) >= 11 is 2.77. The SMILES string of the molecule is CCOC(=O)c1c(NC(=O)CSc2ncn[nH]2)sc2c1CCCCC2. The summed E-state index contributed by atoms with van der Waals surface area (Å²) in [6.45, 7) is 2.10. The van der Waals surface area contributed by atoms with Crippen LogP contribution in [0.5, 0.6) is 0 Å². The van der Waals surface area contributed by atoms with Crippen LogP contribution < -0.4 is 5.32 Å². The maximum atomic E-state index is 12.4. The van der Waals surface area contributed by atoms with E-state index in [1.165, 1.54) is 40.7 Å². The summed E-state index contributed by atoms with van der Waals surface area (Å²) < 4.78 is 5.22. The zero-order valence-corrected chi connectivity index (χ0v) is 15.6. The molecular formula is C16H20N4O3S2. The lowest BCUT2D eigenvalue weighted by molar-refractivity contribution is -0.113. The molecule has 0 unspecified atom stereocenters. The van der Waals surface area contributed by atoms with Crippen molar-refractivity contribution in [2.75, 3.05) is 17.7 Å². The van der Waals surface area contributed by atoms with Crippen LogP contribution in [-0.4, -0.2) is 39.4 Å². The van der Waals surface area contributed by atoms with Gasteiger partial charge in [-0.05, 0) is 38.2 Å². The van der Waals surface area contributed by atoms with Gasteiger partial charge >= 0.3 is 5.97 Å². The lowest BCUT2D eigenvalue weighted by Gasteiger charge is -2.08. The molecule has 134 valence electrons. The van der Waals surface area contributed by atoms with E-state index in [0.29, 0.717) is 22.3 Å². The number of thioether (sulfide) groups is 1. The third kappa shape index (κ3) is 4.40. The van der Waals surface area contributed by atoms with Crippen molar-refractivity contribution in [1.82, 2.24) is 15.2 Å². The van der Waals surface area contributed by atoms with Gasteiger partial charge in [0.25, 0.3) is 0 Å². The van der Waals surface area contributed by atoms with Crippen molar-refractivity contribution in [3.63, 3.8) is 0 Å². The standard InChI is InChI=1S/C16H20N4O3S2/c1-2-23-15(22)13-10-6-4-3-5-7-11(10)25-14(13)19-12(21)8-24-16-17-9-18-20-16/h9H,2-8H2,1H3,(H,19,21)(H,17,18,20). The number of rotatable bonds is 6. The van der Waals surface area contributed by atoms with E-state index in [0.717, 1.165) is 31.2 Å². The second-order valence-corrected chi connectivity index (χ2v) is 7.69. The van der Waals surface area contributed by atoms with E-state index in [4.69, 9.17) is 4.74 Å². The first-order valence-electron chi connectivity index (χ1n) is 8.28. The van der Waals surface area contributed by atoms with Crippen molar-refractivity contribution >= 4 is 40.0 Å². The van der Waals surface area contributed by atoms with Crippen molar-refractivity contribution in [2.45, 2.75) is 44.2 Å². The Hall–Kier alpha value is -1.87. The van der Waals surface area contributed by atoms with E-state index in [1.54, 1.807) is 6.92 Å². The highest BCUT2D eigenvalue weighted by atomic mass is 32.2. The fourth-order valence-electron chi connectivity index (χ4n) is 2.81. The van der Waals surface area contributed by atoms with Gasteiger partial charge < -0.3 is 10.1 Å². The van der Waals surface area contributed by atoms with Gasteiger partial charge in [-0.15, -0.1) is 11.3 Å². The summed E-state index contributed by atoms with van der Waals surface area (Å²) in [6, 6.07) is 0. The van der Waals surface area contributed by atoms with Crippen molar-refractivity contribution in [3.8, 4) is 0 Å². The average molecular weight is 380 g/mol. The largest absolute Gasteiger partial charge is 0.462 e. The van der Waals surface area contributed by atoms with Crippen molar-refractivity contribution in [3.05, 3.63) is 22.3 Å². The molecule has 7 nitrogen and oxygen atoms in total. The number of hydrogen-bond acceptors (Lipinski definition) is 7. The molecule has 0 aromatic carbocycles. The van der Waals surface area contributed by atoms with Crippen LogP contribution in [0, 0.1) is 0 Å². The molecule has 0 spiro atoms. The van der Waals surface area contributed by atoms with Crippen LogP contribution in [0.25, 0.3) is 0 Å². The first kappa shape index (κ1) is 17.9. The number of thiophene rings is 1. The molecule has 25 heavy (non-hydrogen) atoms. The quantitative estimate of drug-likeness (QED) is 0.454. The summed E-state index contributed by atoms with van der Waals surface area (Å²) in [5, 5.41) is 10.5. The van der Waals surface area contributed by atoms with Crippen molar-refractivity contribution in [1.29, 1.82) is 0 Å². The number of carbonyl (C=O) groups is 2. The van der Waals surface area contributed by atoms with E-state index in [-0.39, 0.29) is 17.6 Å². The van der Waals surface area contributed by atoms with E-state index < -0.39 is 0 Å². The molecule has 0 saturated heterocycles. The minimum absolute atomic E-state index is 0.177. The number of aryl methyl sites for hydroxylation is 1. The molecule has 3 rings (SSSR count). The zero-order chi connectivity index (χ0) is 17.6. The summed E-state index contributed by atoms with van der Waals surface area (Å²) in [6.07, 6.45) is 6.56. The van der Waals surface area contributed by atoms with Crippen LogP contribution in [0.2, 0.25) is 0 Å². The minimum atomic E-state index is -0.347.